The quantitative estimate of drug-likeness (QED) is 0.741. The van der Waals surface area contributed by atoms with Gasteiger partial charge in [-0.2, -0.15) is 0 Å². The van der Waals surface area contributed by atoms with Crippen LogP contribution in [0.5, 0.6) is 0 Å². The third kappa shape index (κ3) is 3.70. The van der Waals surface area contributed by atoms with Crippen LogP contribution in [-0.2, 0) is 6.54 Å². The monoisotopic (exact) mass is 194 g/mol. The lowest BCUT2D eigenvalue weighted by Crippen LogP contribution is -2.11. The van der Waals surface area contributed by atoms with Crippen LogP contribution in [0.3, 0.4) is 0 Å². The second kappa shape index (κ2) is 5.54. The Labute approximate surface area is 85.2 Å². The van der Waals surface area contributed by atoms with Gasteiger partial charge >= 0.3 is 0 Å². The lowest BCUT2D eigenvalue weighted by molar-refractivity contribution is 0.686. The van der Waals surface area contributed by atoms with Crippen LogP contribution in [-0.4, -0.2) is 23.6 Å². The number of hydrogen-bond acceptors (Lipinski definition) is 4. The Kier molecular flexibility index (Phi) is 4.32. The molecule has 0 saturated carbocycles. The Balaban J connectivity index is 2.46. The fraction of sp³-hybridized carbons (Fsp3) is 0.600. The zero-order chi connectivity index (χ0) is 10.4. The summed E-state index contributed by atoms with van der Waals surface area (Å²) in [6.07, 6.45) is 3.56. The van der Waals surface area contributed by atoms with Gasteiger partial charge in [-0.05, 0) is 13.0 Å². The highest BCUT2D eigenvalue weighted by Crippen LogP contribution is 2.02. The molecule has 0 atom stereocenters. The summed E-state index contributed by atoms with van der Waals surface area (Å²) in [4.78, 5) is 8.51. The van der Waals surface area contributed by atoms with Crippen LogP contribution in [0, 0.1) is 5.92 Å². The topological polar surface area (TPSA) is 49.8 Å². The van der Waals surface area contributed by atoms with Crippen molar-refractivity contribution in [1.29, 1.82) is 0 Å². The molecule has 0 spiro atoms. The molecule has 1 aromatic rings. The SMILES string of the molecule is CNCc1cnc(NCC(C)C)cn1. The number of rotatable bonds is 5. The highest BCUT2D eigenvalue weighted by atomic mass is 15.0. The maximum Gasteiger partial charge on any atom is 0.144 e. The first-order valence-corrected chi connectivity index (χ1v) is 4.91. The number of nitrogens with zero attached hydrogens (tertiary/aromatic N) is 2. The van der Waals surface area contributed by atoms with Gasteiger partial charge in [-0.15, -0.1) is 0 Å². The van der Waals surface area contributed by atoms with Crippen LogP contribution in [0.1, 0.15) is 19.5 Å². The van der Waals surface area contributed by atoms with Gasteiger partial charge in [-0.3, -0.25) is 4.98 Å². The molecule has 14 heavy (non-hydrogen) atoms. The Morgan fingerprint density at radius 2 is 2.07 bits per heavy atom. The minimum absolute atomic E-state index is 0.619. The van der Waals surface area contributed by atoms with Gasteiger partial charge in [0, 0.05) is 13.1 Å². The molecule has 0 saturated heterocycles. The summed E-state index contributed by atoms with van der Waals surface area (Å²) in [7, 11) is 1.90. The summed E-state index contributed by atoms with van der Waals surface area (Å²) in [6.45, 7) is 6.02. The second-order valence-corrected chi connectivity index (χ2v) is 3.70. The highest BCUT2D eigenvalue weighted by Gasteiger charge is 1.97. The van der Waals surface area contributed by atoms with Crippen molar-refractivity contribution in [3.05, 3.63) is 18.1 Å². The molecular weight excluding hydrogens is 176 g/mol. The van der Waals surface area contributed by atoms with Crippen LogP contribution < -0.4 is 10.6 Å². The summed E-state index contributed by atoms with van der Waals surface area (Å²) in [5.41, 5.74) is 0.961. The summed E-state index contributed by atoms with van der Waals surface area (Å²) < 4.78 is 0. The van der Waals surface area contributed by atoms with E-state index in [9.17, 15) is 0 Å². The zero-order valence-corrected chi connectivity index (χ0v) is 9.04. The lowest BCUT2D eigenvalue weighted by Gasteiger charge is -2.07. The van der Waals surface area contributed by atoms with E-state index in [4.69, 9.17) is 0 Å². The average Bonchev–Trinajstić information content (AvgIpc) is 2.17. The number of nitrogens with one attached hydrogen (secondary N) is 2. The Hall–Kier alpha value is -1.16. The standard InChI is InChI=1S/C10H18N4/c1-8(2)4-13-10-7-12-9(5-11-3)6-14-10/h6-8,11H,4-5H2,1-3H3,(H,13,14). The summed E-state index contributed by atoms with van der Waals surface area (Å²) in [5, 5.41) is 6.25. The maximum atomic E-state index is 4.26. The van der Waals surface area contributed by atoms with Gasteiger partial charge in [0.2, 0.25) is 0 Å². The molecule has 0 amide bonds. The van der Waals surface area contributed by atoms with E-state index in [0.717, 1.165) is 24.6 Å². The molecule has 0 aromatic carbocycles. The Morgan fingerprint density at radius 3 is 2.57 bits per heavy atom. The van der Waals surface area contributed by atoms with Crippen LogP contribution in [0.15, 0.2) is 12.4 Å². The normalized spacial score (nSPS) is 10.6. The molecule has 1 rings (SSSR count). The van der Waals surface area contributed by atoms with Crippen molar-refractivity contribution in [2.45, 2.75) is 20.4 Å². The Morgan fingerprint density at radius 1 is 1.29 bits per heavy atom. The first-order valence-electron chi connectivity index (χ1n) is 4.91. The van der Waals surface area contributed by atoms with Crippen molar-refractivity contribution >= 4 is 5.82 Å². The predicted octanol–water partition coefficient (Wildman–Crippen LogP) is 1.26. The molecule has 4 nitrogen and oxygen atoms in total. The lowest BCUT2D eigenvalue weighted by atomic mass is 10.2. The van der Waals surface area contributed by atoms with Gasteiger partial charge in [-0.1, -0.05) is 13.8 Å². The van der Waals surface area contributed by atoms with Crippen molar-refractivity contribution in [2.24, 2.45) is 5.92 Å². The number of aromatic nitrogens is 2. The van der Waals surface area contributed by atoms with E-state index in [0.29, 0.717) is 5.92 Å². The Bertz CT molecular complexity index is 255. The maximum absolute atomic E-state index is 4.26. The second-order valence-electron chi connectivity index (χ2n) is 3.70. The zero-order valence-electron chi connectivity index (χ0n) is 9.04. The minimum Gasteiger partial charge on any atom is -0.369 e. The van der Waals surface area contributed by atoms with Crippen molar-refractivity contribution in [3.8, 4) is 0 Å². The van der Waals surface area contributed by atoms with Gasteiger partial charge in [0.05, 0.1) is 18.1 Å². The van der Waals surface area contributed by atoms with Crippen LogP contribution in [0.25, 0.3) is 0 Å². The highest BCUT2D eigenvalue weighted by molar-refractivity contribution is 5.30. The van der Waals surface area contributed by atoms with E-state index >= 15 is 0 Å². The number of hydrogen-bond donors (Lipinski definition) is 2. The molecule has 2 N–H and O–H groups in total. The van der Waals surface area contributed by atoms with Crippen LogP contribution >= 0.6 is 0 Å². The van der Waals surface area contributed by atoms with E-state index in [1.165, 1.54) is 0 Å². The smallest absolute Gasteiger partial charge is 0.144 e. The van der Waals surface area contributed by atoms with Crippen LogP contribution in [0.4, 0.5) is 5.82 Å². The molecule has 0 radical (unpaired) electrons. The summed E-state index contributed by atoms with van der Waals surface area (Å²) >= 11 is 0. The van der Waals surface area contributed by atoms with Crippen molar-refractivity contribution in [2.75, 3.05) is 18.9 Å². The molecule has 0 aliphatic heterocycles. The minimum atomic E-state index is 0.619. The van der Waals surface area contributed by atoms with E-state index < -0.39 is 0 Å². The molecule has 0 aliphatic carbocycles. The molecular formula is C10H18N4. The van der Waals surface area contributed by atoms with Gasteiger partial charge in [-0.25, -0.2) is 4.98 Å². The van der Waals surface area contributed by atoms with Gasteiger partial charge < -0.3 is 10.6 Å². The molecule has 0 unspecified atom stereocenters. The first kappa shape index (κ1) is 10.9. The van der Waals surface area contributed by atoms with Crippen molar-refractivity contribution in [3.63, 3.8) is 0 Å². The van der Waals surface area contributed by atoms with Crippen molar-refractivity contribution < 1.29 is 0 Å². The largest absolute Gasteiger partial charge is 0.369 e. The predicted molar refractivity (Wildman–Crippen MR) is 58.1 cm³/mol. The molecule has 1 aromatic heterocycles. The van der Waals surface area contributed by atoms with Gasteiger partial charge in [0.25, 0.3) is 0 Å². The summed E-state index contributed by atoms with van der Waals surface area (Å²) in [6, 6.07) is 0. The van der Waals surface area contributed by atoms with E-state index in [2.05, 4.69) is 34.4 Å². The van der Waals surface area contributed by atoms with E-state index in [1.54, 1.807) is 12.4 Å². The van der Waals surface area contributed by atoms with E-state index in [-0.39, 0.29) is 0 Å². The number of anilines is 1. The fourth-order valence-corrected chi connectivity index (χ4v) is 1.03. The third-order valence-electron chi connectivity index (χ3n) is 1.75. The molecule has 0 fully saturated rings. The van der Waals surface area contributed by atoms with Gasteiger partial charge in [0.1, 0.15) is 5.82 Å². The molecule has 0 aliphatic rings. The van der Waals surface area contributed by atoms with Gasteiger partial charge in [0.15, 0.2) is 0 Å². The summed E-state index contributed by atoms with van der Waals surface area (Å²) in [5.74, 6) is 1.47. The fourth-order valence-electron chi connectivity index (χ4n) is 1.03. The molecule has 4 heteroatoms. The third-order valence-corrected chi connectivity index (χ3v) is 1.75. The van der Waals surface area contributed by atoms with Crippen molar-refractivity contribution in [1.82, 2.24) is 15.3 Å². The molecule has 0 bridgehead atoms. The van der Waals surface area contributed by atoms with Crippen LogP contribution in [0.2, 0.25) is 0 Å². The molecule has 78 valence electrons. The average molecular weight is 194 g/mol. The van der Waals surface area contributed by atoms with E-state index in [1.807, 2.05) is 7.05 Å². The first-order chi connectivity index (χ1) is 6.72. The molecule has 1 heterocycles.